The Hall–Kier alpha value is -4.66. The zero-order valence-electron chi connectivity index (χ0n) is 28.7. The Morgan fingerprint density at radius 1 is 0.583 bits per heavy atom. The lowest BCUT2D eigenvalue weighted by Crippen LogP contribution is -2.33. The molecule has 0 aliphatic rings. The highest BCUT2D eigenvalue weighted by Crippen LogP contribution is 2.24. The van der Waals surface area contributed by atoms with Gasteiger partial charge in [-0.25, -0.2) is 19.2 Å². The van der Waals surface area contributed by atoms with Crippen molar-refractivity contribution in [3.8, 4) is 22.6 Å². The third-order valence-corrected chi connectivity index (χ3v) is 7.82. The predicted molar refractivity (Wildman–Crippen MR) is 183 cm³/mol. The van der Waals surface area contributed by atoms with E-state index in [0.717, 1.165) is 29.7 Å². The molecule has 0 saturated heterocycles. The molecule has 0 amide bonds. The Balaban J connectivity index is 1.44. The van der Waals surface area contributed by atoms with Gasteiger partial charge >= 0.3 is 23.9 Å². The van der Waals surface area contributed by atoms with E-state index in [1.165, 1.54) is 70.2 Å². The smallest absolute Gasteiger partial charge is 0.348 e. The molecule has 0 N–H and O–H groups in total. The van der Waals surface area contributed by atoms with Crippen molar-refractivity contribution in [3.05, 3.63) is 83.9 Å². The van der Waals surface area contributed by atoms with Crippen LogP contribution in [0.2, 0.25) is 0 Å². The molecule has 3 rings (SSSR count). The first-order chi connectivity index (χ1) is 23.1. The van der Waals surface area contributed by atoms with E-state index < -0.39 is 36.1 Å². The van der Waals surface area contributed by atoms with Crippen LogP contribution in [0.1, 0.15) is 100 Å². The zero-order valence-corrected chi connectivity index (χ0v) is 28.7. The summed E-state index contributed by atoms with van der Waals surface area (Å²) >= 11 is 0. The van der Waals surface area contributed by atoms with E-state index in [1.54, 1.807) is 12.1 Å². The quantitative estimate of drug-likeness (QED) is 0.0541. The fraction of sp³-hybridized carbons (Fsp3) is 0.436. The molecule has 0 bridgehead atoms. The van der Waals surface area contributed by atoms with Crippen LogP contribution < -0.4 is 9.47 Å². The van der Waals surface area contributed by atoms with Gasteiger partial charge in [0.1, 0.15) is 11.5 Å². The zero-order chi connectivity index (χ0) is 34.9. The summed E-state index contributed by atoms with van der Waals surface area (Å²) in [5, 5.41) is 0. The molecule has 0 aromatic heterocycles. The second-order valence-corrected chi connectivity index (χ2v) is 11.9. The molecule has 3 atom stereocenters. The first-order valence-electron chi connectivity index (χ1n) is 16.8. The van der Waals surface area contributed by atoms with Crippen molar-refractivity contribution in [3.63, 3.8) is 0 Å². The average Bonchev–Trinajstić information content (AvgIpc) is 3.10. The minimum atomic E-state index is -1.26. The highest BCUT2D eigenvalue weighted by molar-refractivity contribution is 5.93. The SMILES string of the molecule is CCCCCCCCOc1ccc(-c2ccc(C(=O)Oc3ccc(C(=O)OC(C)C(=O)OC(C)C(=O)OCC(C)CC)cc3)cc2)cc1. The Kier molecular flexibility index (Phi) is 15.6. The molecule has 0 fully saturated rings. The van der Waals surface area contributed by atoms with E-state index >= 15 is 0 Å². The van der Waals surface area contributed by atoms with Crippen LogP contribution in [-0.2, 0) is 23.8 Å². The number of carbonyl (C=O) groups is 4. The van der Waals surface area contributed by atoms with Crippen LogP contribution in [0.3, 0.4) is 0 Å². The maximum Gasteiger partial charge on any atom is 0.348 e. The molecular weight excluding hydrogens is 612 g/mol. The van der Waals surface area contributed by atoms with Crippen LogP contribution in [0.4, 0.5) is 0 Å². The summed E-state index contributed by atoms with van der Waals surface area (Å²) in [6, 6.07) is 20.7. The minimum absolute atomic E-state index is 0.138. The monoisotopic (exact) mass is 660 g/mol. The highest BCUT2D eigenvalue weighted by atomic mass is 16.6. The number of benzene rings is 3. The molecule has 0 heterocycles. The average molecular weight is 661 g/mol. The minimum Gasteiger partial charge on any atom is -0.494 e. The fourth-order valence-electron chi connectivity index (χ4n) is 4.49. The van der Waals surface area contributed by atoms with Crippen molar-refractivity contribution in [2.24, 2.45) is 5.92 Å². The van der Waals surface area contributed by atoms with Crippen LogP contribution in [0.25, 0.3) is 11.1 Å². The van der Waals surface area contributed by atoms with Crippen LogP contribution in [0.15, 0.2) is 72.8 Å². The molecule has 48 heavy (non-hydrogen) atoms. The van der Waals surface area contributed by atoms with E-state index in [4.69, 9.17) is 23.7 Å². The number of hydrogen-bond acceptors (Lipinski definition) is 9. The maximum atomic E-state index is 12.8. The molecule has 9 heteroatoms. The molecule has 3 unspecified atom stereocenters. The summed E-state index contributed by atoms with van der Waals surface area (Å²) in [5.41, 5.74) is 2.46. The number of ether oxygens (including phenoxy) is 5. The van der Waals surface area contributed by atoms with E-state index in [1.807, 2.05) is 50.2 Å². The van der Waals surface area contributed by atoms with Gasteiger partial charge in [-0.3, -0.25) is 0 Å². The van der Waals surface area contributed by atoms with Gasteiger partial charge in [0.05, 0.1) is 24.3 Å². The third kappa shape index (κ3) is 12.5. The normalized spacial score (nSPS) is 12.7. The standard InChI is InChI=1S/C39H48O9/c1-6-8-9-10-11-12-25-44-34-21-17-31(18-22-34)30-13-15-32(16-14-30)39(43)48-35-23-19-33(20-24-35)38(42)47-29(5)37(41)46-28(4)36(40)45-26-27(3)7-2/h13-24,27-29H,6-12,25-26H2,1-5H3. The van der Waals surface area contributed by atoms with Gasteiger partial charge in [0.2, 0.25) is 0 Å². The molecule has 0 aliphatic carbocycles. The number of rotatable bonds is 19. The third-order valence-electron chi connectivity index (χ3n) is 7.82. The Labute approximate surface area is 283 Å². The van der Waals surface area contributed by atoms with Gasteiger partial charge in [-0.05, 0) is 85.8 Å². The summed E-state index contributed by atoms with van der Waals surface area (Å²) in [4.78, 5) is 49.7. The van der Waals surface area contributed by atoms with Gasteiger partial charge in [0, 0.05) is 0 Å². The van der Waals surface area contributed by atoms with Gasteiger partial charge in [-0.2, -0.15) is 0 Å². The lowest BCUT2D eigenvalue weighted by atomic mass is 10.0. The van der Waals surface area contributed by atoms with Gasteiger partial charge in [-0.15, -0.1) is 0 Å². The highest BCUT2D eigenvalue weighted by Gasteiger charge is 2.26. The van der Waals surface area contributed by atoms with Crippen molar-refractivity contribution < 1.29 is 42.9 Å². The van der Waals surface area contributed by atoms with Crippen molar-refractivity contribution in [1.82, 2.24) is 0 Å². The van der Waals surface area contributed by atoms with E-state index in [2.05, 4.69) is 6.92 Å². The summed E-state index contributed by atoms with van der Waals surface area (Å²) in [6.45, 7) is 9.82. The molecule has 3 aromatic rings. The molecular formula is C39H48O9. The van der Waals surface area contributed by atoms with Gasteiger partial charge < -0.3 is 23.7 Å². The van der Waals surface area contributed by atoms with Gasteiger partial charge in [0.15, 0.2) is 12.2 Å². The molecule has 0 radical (unpaired) electrons. The first-order valence-corrected chi connectivity index (χ1v) is 16.8. The summed E-state index contributed by atoms with van der Waals surface area (Å²) in [7, 11) is 0. The number of hydrogen-bond donors (Lipinski definition) is 0. The van der Waals surface area contributed by atoms with Crippen LogP contribution in [0.5, 0.6) is 11.5 Å². The van der Waals surface area contributed by atoms with Crippen molar-refractivity contribution in [2.45, 2.75) is 91.8 Å². The molecule has 3 aromatic carbocycles. The lowest BCUT2D eigenvalue weighted by Gasteiger charge is -2.17. The second-order valence-electron chi connectivity index (χ2n) is 11.9. The first kappa shape index (κ1) is 37.8. The summed E-state index contributed by atoms with van der Waals surface area (Å²) in [5.74, 6) is -1.62. The fourth-order valence-corrected chi connectivity index (χ4v) is 4.49. The van der Waals surface area contributed by atoms with Crippen LogP contribution in [0, 0.1) is 5.92 Å². The molecule has 0 spiro atoms. The van der Waals surface area contributed by atoms with E-state index in [9.17, 15) is 19.2 Å². The van der Waals surface area contributed by atoms with Crippen LogP contribution in [-0.4, -0.2) is 49.3 Å². The largest absolute Gasteiger partial charge is 0.494 e. The number of unbranched alkanes of at least 4 members (excludes halogenated alkanes) is 5. The molecule has 0 saturated carbocycles. The molecule has 9 nitrogen and oxygen atoms in total. The van der Waals surface area contributed by atoms with E-state index in [-0.39, 0.29) is 23.8 Å². The predicted octanol–water partition coefficient (Wildman–Crippen LogP) is 8.38. The lowest BCUT2D eigenvalue weighted by molar-refractivity contribution is -0.172. The number of esters is 4. The Morgan fingerprint density at radius 3 is 1.73 bits per heavy atom. The Morgan fingerprint density at radius 2 is 1.10 bits per heavy atom. The number of carbonyl (C=O) groups excluding carboxylic acids is 4. The molecule has 258 valence electrons. The Bertz CT molecular complexity index is 1450. The van der Waals surface area contributed by atoms with Gasteiger partial charge in [0.25, 0.3) is 0 Å². The summed E-state index contributed by atoms with van der Waals surface area (Å²) < 4.78 is 26.8. The topological polar surface area (TPSA) is 114 Å². The molecule has 0 aliphatic heterocycles. The van der Waals surface area contributed by atoms with Gasteiger partial charge in [-0.1, -0.05) is 83.6 Å². The van der Waals surface area contributed by atoms with Crippen molar-refractivity contribution in [1.29, 1.82) is 0 Å². The van der Waals surface area contributed by atoms with Crippen LogP contribution >= 0.6 is 0 Å². The van der Waals surface area contributed by atoms with Crippen molar-refractivity contribution in [2.75, 3.05) is 13.2 Å². The second kappa shape index (κ2) is 19.9. The summed E-state index contributed by atoms with van der Waals surface area (Å²) in [6.07, 6.45) is 5.77. The van der Waals surface area contributed by atoms with E-state index in [0.29, 0.717) is 12.2 Å². The van der Waals surface area contributed by atoms with Crippen molar-refractivity contribution >= 4 is 23.9 Å². The maximum absolute atomic E-state index is 12.8.